The van der Waals surface area contributed by atoms with Gasteiger partial charge in [0.15, 0.2) is 0 Å². The number of aliphatic imine (C=N–C) groups is 1. The van der Waals surface area contributed by atoms with Crippen LogP contribution in [0.5, 0.6) is 0 Å². The lowest BCUT2D eigenvalue weighted by molar-refractivity contribution is -0.196. The zero-order valence-electron chi connectivity index (χ0n) is 20.6. The van der Waals surface area contributed by atoms with Crippen LogP contribution in [0, 0.1) is 0 Å². The number of amides is 2. The van der Waals surface area contributed by atoms with Crippen molar-refractivity contribution in [3.05, 3.63) is 0 Å². The maximum atomic E-state index is 11.8. The third-order valence-corrected chi connectivity index (χ3v) is 11.1. The number of nitrogens with zero attached hydrogens (tertiary/aromatic N) is 1. The van der Waals surface area contributed by atoms with E-state index >= 15 is 0 Å². The summed E-state index contributed by atoms with van der Waals surface area (Å²) in [5.74, 6) is 9.10. The number of carbonyl (C=O) groups excluding carboxylic acids is 2. The van der Waals surface area contributed by atoms with E-state index in [1.54, 1.807) is 70.6 Å². The Hall–Kier alpha value is 1.05. The van der Waals surface area contributed by atoms with Crippen LogP contribution < -0.4 is 16.0 Å². The molecule has 0 heterocycles. The summed E-state index contributed by atoms with van der Waals surface area (Å²) in [5, 5.41) is 26.7. The number of hydrogen-bond donors (Lipinski definition) is 5. The molecule has 218 valence electrons. The lowest BCUT2D eigenvalue weighted by Crippen LogP contribution is -2.19. The minimum absolute atomic E-state index is 0.00484. The number of nitrogens with one attached hydrogen (secondary N) is 3. The Labute approximate surface area is 254 Å². The average molecular weight is 675 g/mol. The molecule has 0 aliphatic carbocycles. The number of aliphatic hydroxyl groups excluding tert-OH is 2. The van der Waals surface area contributed by atoms with Crippen molar-refractivity contribution in [2.75, 3.05) is 94.6 Å². The van der Waals surface area contributed by atoms with Crippen LogP contribution in [0.15, 0.2) is 4.99 Å². The van der Waals surface area contributed by atoms with E-state index in [4.69, 9.17) is 20.0 Å². The third-order valence-electron chi connectivity index (χ3n) is 3.33. The molecule has 0 aliphatic rings. The summed E-state index contributed by atoms with van der Waals surface area (Å²) in [6, 6.07) is 0. The van der Waals surface area contributed by atoms with E-state index < -0.39 is 0 Å². The zero-order chi connectivity index (χ0) is 27.1. The van der Waals surface area contributed by atoms with Crippen molar-refractivity contribution >= 4 is 111 Å². The van der Waals surface area contributed by atoms with Crippen LogP contribution >= 0.6 is 94.1 Å². The molecule has 0 rings (SSSR count). The molecule has 0 aromatic carbocycles. The highest BCUT2D eigenvalue weighted by atomic mass is 32.2. The maximum Gasteiger partial charge on any atom is 0.280 e. The summed E-state index contributed by atoms with van der Waals surface area (Å²) in [5.41, 5.74) is 0. The molecule has 0 saturated carbocycles. The normalized spacial score (nSPS) is 11.2. The van der Waals surface area contributed by atoms with Gasteiger partial charge in [0.25, 0.3) is 10.5 Å². The van der Waals surface area contributed by atoms with Crippen LogP contribution in [0.4, 0.5) is 9.59 Å². The smallest absolute Gasteiger partial charge is 0.280 e. The molecule has 0 radical (unpaired) electrons. The quantitative estimate of drug-likeness (QED) is 0.0216. The Morgan fingerprint density at radius 2 is 1.35 bits per heavy atom. The van der Waals surface area contributed by atoms with Gasteiger partial charge in [-0.25, -0.2) is 4.99 Å². The van der Waals surface area contributed by atoms with Gasteiger partial charge in [-0.3, -0.25) is 9.59 Å². The van der Waals surface area contributed by atoms with Gasteiger partial charge >= 0.3 is 0 Å². The predicted octanol–water partition coefficient (Wildman–Crippen LogP) is 3.57. The van der Waals surface area contributed by atoms with E-state index in [2.05, 4.69) is 20.9 Å². The molecule has 0 spiro atoms. The SMILES string of the molecule is O=C(NCSCCSC/N=C/OOCSCCSCSC(=O)NCSCCSCNCCO)SCCO. The largest absolute Gasteiger partial charge is 0.396 e. The first-order valence-electron chi connectivity index (χ1n) is 11.2. The van der Waals surface area contributed by atoms with E-state index in [-0.39, 0.29) is 23.7 Å². The number of carbonyl (C=O) groups is 2. The molecular formula is C19H38N4O6S8. The van der Waals surface area contributed by atoms with Gasteiger partial charge in [0, 0.05) is 57.8 Å². The predicted molar refractivity (Wildman–Crippen MR) is 174 cm³/mol. The first kappa shape index (κ1) is 38.0. The van der Waals surface area contributed by atoms with Gasteiger partial charge in [-0.2, -0.15) is 4.89 Å². The average Bonchev–Trinajstić information content (AvgIpc) is 2.90. The Balaban J connectivity index is 3.23. The first-order valence-corrected chi connectivity index (χ1v) is 20.1. The summed E-state index contributed by atoms with van der Waals surface area (Å²) in [7, 11) is 0. The monoisotopic (exact) mass is 674 g/mol. The highest BCUT2D eigenvalue weighted by Crippen LogP contribution is 2.15. The molecule has 0 aromatic rings. The van der Waals surface area contributed by atoms with Gasteiger partial charge in [-0.15, -0.1) is 70.6 Å². The first-order chi connectivity index (χ1) is 18.2. The van der Waals surface area contributed by atoms with Crippen molar-refractivity contribution in [3.8, 4) is 0 Å². The van der Waals surface area contributed by atoms with E-state index in [0.29, 0.717) is 35.9 Å². The van der Waals surface area contributed by atoms with Crippen molar-refractivity contribution in [2.45, 2.75) is 0 Å². The van der Waals surface area contributed by atoms with Crippen LogP contribution in [0.2, 0.25) is 0 Å². The number of hydrogen-bond acceptors (Lipinski definition) is 16. The van der Waals surface area contributed by atoms with Crippen LogP contribution in [0.1, 0.15) is 0 Å². The van der Waals surface area contributed by atoms with E-state index in [9.17, 15) is 9.59 Å². The highest BCUT2D eigenvalue weighted by molar-refractivity contribution is 8.24. The molecule has 37 heavy (non-hydrogen) atoms. The third kappa shape index (κ3) is 33.2. The second kappa shape index (κ2) is 33.3. The van der Waals surface area contributed by atoms with Crippen LogP contribution in [-0.2, 0) is 9.78 Å². The fourth-order valence-corrected chi connectivity index (χ4v) is 8.33. The summed E-state index contributed by atoms with van der Waals surface area (Å²) in [6.07, 6.45) is 1.30. The maximum absolute atomic E-state index is 11.8. The number of rotatable bonds is 27. The molecule has 2 amide bonds. The second-order valence-electron chi connectivity index (χ2n) is 6.12. The Morgan fingerprint density at radius 1 is 0.730 bits per heavy atom. The molecule has 0 atom stereocenters. The number of thioether (sulfide) groups is 8. The van der Waals surface area contributed by atoms with Crippen molar-refractivity contribution in [1.82, 2.24) is 16.0 Å². The van der Waals surface area contributed by atoms with Gasteiger partial charge < -0.3 is 31.1 Å². The van der Waals surface area contributed by atoms with E-state index in [1.165, 1.54) is 18.2 Å². The van der Waals surface area contributed by atoms with Crippen LogP contribution in [0.3, 0.4) is 0 Å². The molecule has 0 fully saturated rings. The van der Waals surface area contributed by atoms with Gasteiger partial charge in [0.1, 0.15) is 5.94 Å². The minimum atomic E-state index is -0.108. The summed E-state index contributed by atoms with van der Waals surface area (Å²) >= 11 is 12.5. The molecule has 0 unspecified atom stereocenters. The van der Waals surface area contributed by atoms with Crippen molar-refractivity contribution in [3.63, 3.8) is 0 Å². The molecule has 10 nitrogen and oxygen atoms in total. The highest BCUT2D eigenvalue weighted by Gasteiger charge is 2.02. The fourth-order valence-electron chi connectivity index (χ4n) is 1.74. The molecule has 0 bridgehead atoms. The molecule has 0 saturated heterocycles. The Morgan fingerprint density at radius 3 is 2.05 bits per heavy atom. The van der Waals surface area contributed by atoms with Crippen LogP contribution in [0.25, 0.3) is 0 Å². The van der Waals surface area contributed by atoms with Gasteiger partial charge in [-0.1, -0.05) is 23.5 Å². The van der Waals surface area contributed by atoms with Gasteiger partial charge in [0.2, 0.25) is 6.40 Å². The standard InChI is InChI=1S/C19H38N4O6S8/c24-2-1-20-12-30-5-7-33-15-23-19(27)37-17-35-10-9-34-16-29-28-11-21-13-31-6-8-32-14-22-18(26)36-4-3-25/h11,20,24-25H,1-10,12-17H2,(H,22,26)(H,23,27)/b21-11+. The summed E-state index contributed by atoms with van der Waals surface area (Å²) in [4.78, 5) is 37.1. The lowest BCUT2D eigenvalue weighted by atomic mass is 10.7. The van der Waals surface area contributed by atoms with Crippen LogP contribution in [-0.4, -0.2) is 122 Å². The number of aliphatic hydroxyl groups is 2. The lowest BCUT2D eigenvalue weighted by Gasteiger charge is -2.05. The van der Waals surface area contributed by atoms with E-state index in [0.717, 1.165) is 57.2 Å². The molecule has 0 aromatic heterocycles. The second-order valence-corrected chi connectivity index (χ2v) is 15.0. The molecule has 5 N–H and O–H groups in total. The Bertz CT molecular complexity index is 561. The van der Waals surface area contributed by atoms with Crippen molar-refractivity contribution < 1.29 is 29.6 Å². The van der Waals surface area contributed by atoms with E-state index in [1.807, 2.05) is 0 Å². The molecule has 0 aliphatic heterocycles. The van der Waals surface area contributed by atoms with Crippen molar-refractivity contribution in [1.29, 1.82) is 0 Å². The summed E-state index contributed by atoms with van der Waals surface area (Å²) < 4.78 is 0. The van der Waals surface area contributed by atoms with Gasteiger partial charge in [0.05, 0.1) is 30.8 Å². The van der Waals surface area contributed by atoms with Gasteiger partial charge in [-0.05, 0) is 0 Å². The topological polar surface area (TPSA) is 142 Å². The minimum Gasteiger partial charge on any atom is -0.396 e. The molecular weight excluding hydrogens is 637 g/mol. The summed E-state index contributed by atoms with van der Waals surface area (Å²) in [6.45, 7) is 0.796. The molecule has 18 heteroatoms. The fraction of sp³-hybridized carbons (Fsp3) is 0.842. The Kier molecular flexibility index (Phi) is 34.2. The van der Waals surface area contributed by atoms with Crippen molar-refractivity contribution in [2.24, 2.45) is 4.99 Å². The zero-order valence-corrected chi connectivity index (χ0v) is 27.2.